The monoisotopic (exact) mass is 1300 g/mol. The fourth-order valence-electron chi connectivity index (χ4n) is 7.23. The van der Waals surface area contributed by atoms with Gasteiger partial charge >= 0.3 is 0 Å². The van der Waals surface area contributed by atoms with E-state index in [4.69, 9.17) is 124 Å². The molecule has 1 unspecified atom stereocenters. The molecule has 2 aromatic rings. The number of aliphatic hydroxyl groups is 1. The first-order chi connectivity index (χ1) is 44.8. The van der Waals surface area contributed by atoms with E-state index in [9.17, 15) is 0 Å². The number of benzene rings is 2. The van der Waals surface area contributed by atoms with Crippen molar-refractivity contribution < 1.29 is 124 Å². The van der Waals surface area contributed by atoms with E-state index < -0.39 is 0 Å². The van der Waals surface area contributed by atoms with Crippen molar-refractivity contribution in [2.75, 3.05) is 330 Å². The van der Waals surface area contributed by atoms with Crippen LogP contribution in [-0.2, 0) is 114 Å². The summed E-state index contributed by atoms with van der Waals surface area (Å²) in [6.07, 6.45) is 0. The lowest BCUT2D eigenvalue weighted by Gasteiger charge is -2.13. The predicted octanol–water partition coefficient (Wildman–Crippen LogP) is 3.61. The zero-order valence-corrected chi connectivity index (χ0v) is 54.3. The van der Waals surface area contributed by atoms with Gasteiger partial charge in [0.1, 0.15) is 12.4 Å². The average molecular weight is 1300 g/mol. The van der Waals surface area contributed by atoms with Gasteiger partial charge in [-0.3, -0.25) is 0 Å². The molecule has 0 aromatic heterocycles. The second-order valence-corrected chi connectivity index (χ2v) is 19.0. The van der Waals surface area contributed by atoms with Gasteiger partial charge in [-0.25, -0.2) is 0 Å². The van der Waals surface area contributed by atoms with Crippen molar-refractivity contribution in [3.8, 4) is 5.75 Å². The molecule has 0 aliphatic rings. The number of hydrogen-bond donors (Lipinski definition) is 1. The predicted molar refractivity (Wildman–Crippen MR) is 333 cm³/mol. The summed E-state index contributed by atoms with van der Waals surface area (Å²) in [4.78, 5) is 0. The number of rotatable bonds is 77. The highest BCUT2D eigenvalue weighted by atomic mass is 16.6. The average Bonchev–Trinajstić information content (AvgIpc) is 3.40. The molecule has 1 N–H and O–H groups in total. The Balaban J connectivity index is 1.10. The van der Waals surface area contributed by atoms with E-state index in [0.29, 0.717) is 330 Å². The van der Waals surface area contributed by atoms with Gasteiger partial charge in [0.15, 0.2) is 0 Å². The minimum absolute atomic E-state index is 0.0173. The highest BCUT2D eigenvalue weighted by molar-refractivity contribution is 5.35. The van der Waals surface area contributed by atoms with Crippen molar-refractivity contribution in [2.45, 2.75) is 12.8 Å². The van der Waals surface area contributed by atoms with E-state index >= 15 is 0 Å². The zero-order valence-electron chi connectivity index (χ0n) is 54.3. The largest absolute Gasteiger partial charge is 0.491 e. The van der Waals surface area contributed by atoms with Crippen molar-refractivity contribution in [3.05, 3.63) is 65.7 Å². The van der Waals surface area contributed by atoms with Crippen molar-refractivity contribution in [3.63, 3.8) is 0 Å². The Morgan fingerprint density at radius 1 is 0.200 bits per heavy atom. The van der Waals surface area contributed by atoms with E-state index in [0.717, 1.165) is 5.75 Å². The SMILES string of the molecule is CC(c1ccccc1)c1ccc(OCCOCCOCCOCCOCCOCCOCCOCCOCCOCCOCCOCCOCCOCCOCCOCCOCCOCCOCCOCCOCCOCCOCCOCCOCCO)cc1. The van der Waals surface area contributed by atoms with Crippen molar-refractivity contribution in [2.24, 2.45) is 0 Å². The van der Waals surface area contributed by atoms with Crippen LogP contribution < -0.4 is 4.74 Å². The molecule has 0 saturated carbocycles. The van der Waals surface area contributed by atoms with Gasteiger partial charge in [-0.1, -0.05) is 49.4 Å². The molecule has 1 atom stereocenters. The third-order valence-electron chi connectivity index (χ3n) is 12.0. The molecule has 0 bridgehead atoms. The fraction of sp³-hybridized carbons (Fsp3) is 0.812. The highest BCUT2D eigenvalue weighted by Gasteiger charge is 2.08. The maximum Gasteiger partial charge on any atom is 0.119 e. The lowest BCUT2D eigenvalue weighted by atomic mass is 9.93. The lowest BCUT2D eigenvalue weighted by molar-refractivity contribution is -0.0320. The quantitative estimate of drug-likeness (QED) is 0.0929. The Morgan fingerprint density at radius 3 is 0.533 bits per heavy atom. The van der Waals surface area contributed by atoms with Crippen LogP contribution in [0.5, 0.6) is 5.75 Å². The van der Waals surface area contributed by atoms with Crippen LogP contribution in [0.1, 0.15) is 24.0 Å². The summed E-state index contributed by atoms with van der Waals surface area (Å²) >= 11 is 0. The van der Waals surface area contributed by atoms with Gasteiger partial charge in [0, 0.05) is 5.92 Å². The van der Waals surface area contributed by atoms with Crippen molar-refractivity contribution in [1.82, 2.24) is 0 Å². The smallest absolute Gasteiger partial charge is 0.119 e. The maximum atomic E-state index is 8.62. The first-order valence-corrected chi connectivity index (χ1v) is 32.1. The summed E-state index contributed by atoms with van der Waals surface area (Å²) in [5.74, 6) is 1.17. The van der Waals surface area contributed by atoms with E-state index in [2.05, 4.69) is 43.3 Å². The second kappa shape index (κ2) is 72.1. The molecule has 526 valence electrons. The lowest BCUT2D eigenvalue weighted by Crippen LogP contribution is -2.16. The molecular weight excluding hydrogens is 1180 g/mol. The Bertz CT molecular complexity index is 1650. The Labute approximate surface area is 536 Å². The molecule has 0 heterocycles. The molecule has 0 saturated heterocycles. The van der Waals surface area contributed by atoms with E-state index in [1.807, 2.05) is 18.2 Å². The second-order valence-electron chi connectivity index (χ2n) is 19.0. The first-order valence-electron chi connectivity index (χ1n) is 32.1. The van der Waals surface area contributed by atoms with Crippen LogP contribution in [0.15, 0.2) is 54.6 Å². The van der Waals surface area contributed by atoms with Gasteiger partial charge in [0.05, 0.1) is 324 Å². The van der Waals surface area contributed by atoms with Gasteiger partial charge in [0.2, 0.25) is 0 Å². The highest BCUT2D eigenvalue weighted by Crippen LogP contribution is 2.25. The molecule has 26 nitrogen and oxygen atoms in total. The first kappa shape index (κ1) is 83.3. The standard InChI is InChI=1S/C64H114O26/c1-61(62-5-3-2-4-6-62)63-7-9-64(10-8-63)90-60-59-89-58-57-88-56-55-87-54-53-86-52-51-85-50-49-84-48-47-83-46-45-82-44-43-81-42-41-80-40-39-79-38-37-78-36-35-77-34-33-76-32-31-75-30-29-74-28-27-73-26-25-72-24-23-71-22-21-70-20-19-69-18-17-68-16-15-67-14-13-66-12-11-65/h2-10,61,65H,11-60H2,1H3. The number of hydrogen-bond acceptors (Lipinski definition) is 26. The molecule has 0 fully saturated rings. The van der Waals surface area contributed by atoms with Crippen molar-refractivity contribution in [1.29, 1.82) is 0 Å². The molecule has 2 aromatic carbocycles. The summed E-state index contributed by atoms with van der Waals surface area (Å²) < 4.78 is 138. The van der Waals surface area contributed by atoms with Crippen LogP contribution in [0.2, 0.25) is 0 Å². The summed E-state index contributed by atoms with van der Waals surface area (Å²) in [6, 6.07) is 18.7. The van der Waals surface area contributed by atoms with Crippen LogP contribution in [0, 0.1) is 0 Å². The van der Waals surface area contributed by atoms with E-state index in [1.165, 1.54) is 11.1 Å². The van der Waals surface area contributed by atoms with Crippen LogP contribution in [0.3, 0.4) is 0 Å². The van der Waals surface area contributed by atoms with Gasteiger partial charge in [0.25, 0.3) is 0 Å². The van der Waals surface area contributed by atoms with E-state index in [1.54, 1.807) is 0 Å². The van der Waals surface area contributed by atoms with Gasteiger partial charge in [-0.2, -0.15) is 0 Å². The fourth-order valence-corrected chi connectivity index (χ4v) is 7.23. The summed E-state index contributed by atoms with van der Waals surface area (Å²) in [6.45, 7) is 25.9. The summed E-state index contributed by atoms with van der Waals surface area (Å²) in [5, 5.41) is 8.62. The summed E-state index contributed by atoms with van der Waals surface area (Å²) in [5.41, 5.74) is 2.55. The maximum absolute atomic E-state index is 8.62. The van der Waals surface area contributed by atoms with E-state index in [-0.39, 0.29) is 6.61 Å². The molecule has 0 aliphatic heterocycles. The molecule has 0 spiro atoms. The molecule has 26 heteroatoms. The van der Waals surface area contributed by atoms with Crippen LogP contribution >= 0.6 is 0 Å². The van der Waals surface area contributed by atoms with Crippen LogP contribution in [0.25, 0.3) is 0 Å². The van der Waals surface area contributed by atoms with Gasteiger partial charge in [-0.05, 0) is 23.3 Å². The van der Waals surface area contributed by atoms with Gasteiger partial charge < -0.3 is 124 Å². The number of ether oxygens (including phenoxy) is 25. The Hall–Kier alpha value is -2.76. The third-order valence-corrected chi connectivity index (χ3v) is 12.0. The molecule has 2 rings (SSSR count). The minimum atomic E-state index is 0.0173. The molecule has 90 heavy (non-hydrogen) atoms. The van der Waals surface area contributed by atoms with Gasteiger partial charge in [-0.15, -0.1) is 0 Å². The minimum Gasteiger partial charge on any atom is -0.491 e. The van der Waals surface area contributed by atoms with Crippen LogP contribution in [-0.4, -0.2) is 335 Å². The topological polar surface area (TPSA) is 251 Å². The number of aliphatic hydroxyl groups excluding tert-OH is 1. The molecular formula is C64H114O26. The van der Waals surface area contributed by atoms with Crippen molar-refractivity contribution >= 4 is 0 Å². The molecule has 0 amide bonds. The Morgan fingerprint density at radius 2 is 0.356 bits per heavy atom. The third kappa shape index (κ3) is 61.4. The Kier molecular flexibility index (Phi) is 66.7. The van der Waals surface area contributed by atoms with Crippen LogP contribution in [0.4, 0.5) is 0 Å². The normalized spacial score (nSPS) is 12.0. The summed E-state index contributed by atoms with van der Waals surface area (Å²) in [7, 11) is 0. The molecule has 0 radical (unpaired) electrons. The molecule has 0 aliphatic carbocycles. The zero-order chi connectivity index (χ0) is 63.7.